The summed E-state index contributed by atoms with van der Waals surface area (Å²) in [4.78, 5) is 21.2. The number of benzene rings is 2. The van der Waals surface area contributed by atoms with Gasteiger partial charge in [-0.15, -0.1) is 0 Å². The molecule has 1 amide bonds. The maximum absolute atomic E-state index is 12.4. The van der Waals surface area contributed by atoms with Crippen LogP contribution in [-0.4, -0.2) is 40.4 Å². The highest BCUT2D eigenvalue weighted by Gasteiger charge is 2.12. The summed E-state index contributed by atoms with van der Waals surface area (Å²) in [6.45, 7) is 0. The first-order valence-corrected chi connectivity index (χ1v) is 10.5. The summed E-state index contributed by atoms with van der Waals surface area (Å²) in [5, 5.41) is 4.16. The van der Waals surface area contributed by atoms with Crippen molar-refractivity contribution in [1.82, 2.24) is 14.5 Å². The molecule has 9 heteroatoms. The number of imidazole rings is 1. The van der Waals surface area contributed by atoms with Crippen molar-refractivity contribution < 1.29 is 14.3 Å². The topological polar surface area (TPSA) is 78.3 Å². The lowest BCUT2D eigenvalue weighted by molar-refractivity contribution is -0.113. The van der Waals surface area contributed by atoms with Gasteiger partial charge in [0, 0.05) is 18.1 Å². The van der Waals surface area contributed by atoms with E-state index in [0.29, 0.717) is 5.13 Å². The van der Waals surface area contributed by atoms with Crippen molar-refractivity contribution in [3.63, 3.8) is 0 Å². The van der Waals surface area contributed by atoms with Crippen molar-refractivity contribution in [3.05, 3.63) is 54.9 Å². The molecule has 4 rings (SSSR count). The van der Waals surface area contributed by atoms with Gasteiger partial charge >= 0.3 is 0 Å². The Balaban J connectivity index is 1.41. The van der Waals surface area contributed by atoms with Gasteiger partial charge in [0.15, 0.2) is 10.3 Å². The monoisotopic (exact) mass is 426 g/mol. The third-order valence-corrected chi connectivity index (χ3v) is 6.03. The molecule has 0 bridgehead atoms. The molecule has 0 saturated carbocycles. The third kappa shape index (κ3) is 4.36. The second-order valence-electron chi connectivity index (χ2n) is 5.97. The van der Waals surface area contributed by atoms with E-state index in [-0.39, 0.29) is 11.7 Å². The number of thiazole rings is 1. The number of hydrogen-bond acceptors (Lipinski definition) is 7. The summed E-state index contributed by atoms with van der Waals surface area (Å²) >= 11 is 2.78. The van der Waals surface area contributed by atoms with Gasteiger partial charge in [-0.3, -0.25) is 9.36 Å². The SMILES string of the molecule is COc1ccc(-n2ccnc2SCC(=O)Nc2nc3ccc(OC)cc3s2)cc1. The van der Waals surface area contributed by atoms with Crippen molar-refractivity contribution in [3.8, 4) is 17.2 Å². The zero-order valence-corrected chi connectivity index (χ0v) is 17.4. The number of carbonyl (C=O) groups is 1. The molecule has 7 nitrogen and oxygen atoms in total. The number of rotatable bonds is 7. The zero-order chi connectivity index (χ0) is 20.2. The van der Waals surface area contributed by atoms with Crippen LogP contribution in [0.4, 0.5) is 5.13 Å². The molecule has 1 N–H and O–H groups in total. The van der Waals surface area contributed by atoms with E-state index in [1.165, 1.54) is 23.1 Å². The molecule has 0 unspecified atom stereocenters. The zero-order valence-electron chi connectivity index (χ0n) is 15.8. The summed E-state index contributed by atoms with van der Waals surface area (Å²) in [5.41, 5.74) is 1.78. The van der Waals surface area contributed by atoms with Crippen molar-refractivity contribution >= 4 is 44.4 Å². The Kier molecular flexibility index (Phi) is 5.68. The molecule has 0 radical (unpaired) electrons. The minimum atomic E-state index is -0.134. The molecular formula is C20H18N4O3S2. The molecule has 2 aromatic heterocycles. The van der Waals surface area contributed by atoms with Crippen LogP contribution in [0.1, 0.15) is 0 Å². The molecule has 4 aromatic rings. The van der Waals surface area contributed by atoms with E-state index >= 15 is 0 Å². The van der Waals surface area contributed by atoms with E-state index in [4.69, 9.17) is 9.47 Å². The minimum Gasteiger partial charge on any atom is -0.497 e. The molecule has 2 heterocycles. The number of anilines is 1. The van der Waals surface area contributed by atoms with Crippen LogP contribution in [0.25, 0.3) is 15.9 Å². The van der Waals surface area contributed by atoms with Crippen LogP contribution in [0.2, 0.25) is 0 Å². The first-order valence-electron chi connectivity index (χ1n) is 8.71. The Morgan fingerprint density at radius 3 is 2.66 bits per heavy atom. The van der Waals surface area contributed by atoms with Gasteiger partial charge in [-0.1, -0.05) is 23.1 Å². The quantitative estimate of drug-likeness (QED) is 0.446. The number of fused-ring (bicyclic) bond motifs is 1. The number of amides is 1. The summed E-state index contributed by atoms with van der Waals surface area (Å²) in [6.07, 6.45) is 3.58. The maximum atomic E-state index is 12.4. The Bertz CT molecular complexity index is 1140. The van der Waals surface area contributed by atoms with Crippen molar-refractivity contribution in [2.24, 2.45) is 0 Å². The Morgan fingerprint density at radius 2 is 1.90 bits per heavy atom. The van der Waals surface area contributed by atoms with Crippen LogP contribution in [0.3, 0.4) is 0 Å². The predicted molar refractivity (Wildman–Crippen MR) is 116 cm³/mol. The van der Waals surface area contributed by atoms with E-state index < -0.39 is 0 Å². The summed E-state index contributed by atoms with van der Waals surface area (Å²) in [6, 6.07) is 13.3. The summed E-state index contributed by atoms with van der Waals surface area (Å²) < 4.78 is 13.3. The number of thioether (sulfide) groups is 1. The smallest absolute Gasteiger partial charge is 0.236 e. The van der Waals surface area contributed by atoms with E-state index in [1.807, 2.05) is 53.2 Å². The average molecular weight is 427 g/mol. The molecule has 0 atom stereocenters. The van der Waals surface area contributed by atoms with E-state index in [2.05, 4.69) is 15.3 Å². The van der Waals surface area contributed by atoms with Gasteiger partial charge in [0.1, 0.15) is 11.5 Å². The van der Waals surface area contributed by atoms with E-state index in [1.54, 1.807) is 20.4 Å². The minimum absolute atomic E-state index is 0.134. The number of aromatic nitrogens is 3. The lowest BCUT2D eigenvalue weighted by Crippen LogP contribution is -2.14. The lowest BCUT2D eigenvalue weighted by atomic mass is 10.3. The van der Waals surface area contributed by atoms with Crippen LogP contribution in [0, 0.1) is 0 Å². The largest absolute Gasteiger partial charge is 0.497 e. The van der Waals surface area contributed by atoms with E-state index in [9.17, 15) is 4.79 Å². The maximum Gasteiger partial charge on any atom is 0.236 e. The highest BCUT2D eigenvalue weighted by molar-refractivity contribution is 7.99. The highest BCUT2D eigenvalue weighted by Crippen LogP contribution is 2.29. The lowest BCUT2D eigenvalue weighted by Gasteiger charge is -2.08. The Labute approximate surface area is 175 Å². The number of ether oxygens (including phenoxy) is 2. The first kappa shape index (κ1) is 19.3. The predicted octanol–water partition coefficient (Wildman–Crippen LogP) is 4.23. The normalized spacial score (nSPS) is 10.8. The van der Waals surface area contributed by atoms with Crippen LogP contribution in [-0.2, 0) is 4.79 Å². The fourth-order valence-electron chi connectivity index (χ4n) is 2.71. The van der Waals surface area contributed by atoms with Gasteiger partial charge in [-0.25, -0.2) is 9.97 Å². The Morgan fingerprint density at radius 1 is 1.14 bits per heavy atom. The van der Waals surface area contributed by atoms with Crippen molar-refractivity contribution in [2.75, 3.05) is 25.3 Å². The molecule has 0 spiro atoms. The molecule has 0 fully saturated rings. The van der Waals surface area contributed by atoms with Crippen molar-refractivity contribution in [2.45, 2.75) is 5.16 Å². The van der Waals surface area contributed by atoms with Crippen LogP contribution in [0.15, 0.2) is 60.0 Å². The molecule has 0 aliphatic carbocycles. The first-order chi connectivity index (χ1) is 14.2. The number of carbonyl (C=O) groups excluding carboxylic acids is 1. The number of methoxy groups -OCH3 is 2. The molecule has 148 valence electrons. The molecule has 29 heavy (non-hydrogen) atoms. The van der Waals surface area contributed by atoms with Crippen molar-refractivity contribution in [1.29, 1.82) is 0 Å². The Hall–Kier alpha value is -3.04. The van der Waals surface area contributed by atoms with Crippen LogP contribution < -0.4 is 14.8 Å². The number of hydrogen-bond donors (Lipinski definition) is 1. The highest BCUT2D eigenvalue weighted by atomic mass is 32.2. The number of nitrogens with one attached hydrogen (secondary N) is 1. The number of nitrogens with zero attached hydrogens (tertiary/aromatic N) is 3. The fourth-order valence-corrected chi connectivity index (χ4v) is 4.39. The summed E-state index contributed by atoms with van der Waals surface area (Å²) in [5.74, 6) is 1.65. The second kappa shape index (κ2) is 8.54. The third-order valence-electron chi connectivity index (χ3n) is 4.13. The molecular weight excluding hydrogens is 408 g/mol. The van der Waals surface area contributed by atoms with Gasteiger partial charge in [0.05, 0.1) is 30.2 Å². The average Bonchev–Trinajstić information content (AvgIpc) is 3.37. The molecule has 0 aliphatic heterocycles. The van der Waals surface area contributed by atoms with Gasteiger partial charge in [-0.05, 0) is 42.5 Å². The second-order valence-corrected chi connectivity index (χ2v) is 7.94. The van der Waals surface area contributed by atoms with Gasteiger partial charge in [0.2, 0.25) is 5.91 Å². The molecule has 2 aromatic carbocycles. The van der Waals surface area contributed by atoms with Crippen LogP contribution in [0.5, 0.6) is 11.5 Å². The van der Waals surface area contributed by atoms with E-state index in [0.717, 1.165) is 32.6 Å². The van der Waals surface area contributed by atoms with Crippen LogP contribution >= 0.6 is 23.1 Å². The fraction of sp³-hybridized carbons (Fsp3) is 0.150. The van der Waals surface area contributed by atoms with Gasteiger partial charge < -0.3 is 14.8 Å². The van der Waals surface area contributed by atoms with Gasteiger partial charge in [0.25, 0.3) is 0 Å². The standard InChI is InChI=1S/C20H18N4O3S2/c1-26-14-5-3-13(4-6-14)24-10-9-21-20(24)28-12-18(25)23-19-22-16-8-7-15(27-2)11-17(16)29-19/h3-11H,12H2,1-2H3,(H,22,23,25). The molecule has 0 aliphatic rings. The van der Waals surface area contributed by atoms with Gasteiger partial charge in [-0.2, -0.15) is 0 Å². The summed E-state index contributed by atoms with van der Waals surface area (Å²) in [7, 11) is 3.26. The molecule has 0 saturated heterocycles.